The van der Waals surface area contributed by atoms with Crippen LogP contribution in [0.15, 0.2) is 78.0 Å². The van der Waals surface area contributed by atoms with E-state index >= 15 is 0 Å². The lowest BCUT2D eigenvalue weighted by Gasteiger charge is -2.10. The third-order valence-corrected chi connectivity index (χ3v) is 3.61. The van der Waals surface area contributed by atoms with Gasteiger partial charge in [-0.05, 0) is 30.3 Å². The summed E-state index contributed by atoms with van der Waals surface area (Å²) in [6.07, 6.45) is 5.09. The lowest BCUT2D eigenvalue weighted by atomic mass is 10.1. The van der Waals surface area contributed by atoms with Crippen LogP contribution in [-0.4, -0.2) is 19.7 Å². The molecule has 4 rings (SSSR count). The fourth-order valence-corrected chi connectivity index (χ4v) is 2.54. The minimum Gasteiger partial charge on any atom is -0.267 e. The molecule has 0 N–H and O–H groups in total. The molecule has 5 heteroatoms. The molecule has 110 valence electrons. The van der Waals surface area contributed by atoms with Crippen LogP contribution < -0.4 is 5.56 Å². The summed E-state index contributed by atoms with van der Waals surface area (Å²) < 4.78 is 1.34. The van der Waals surface area contributed by atoms with E-state index in [9.17, 15) is 4.79 Å². The number of aromatic nitrogens is 4. The molecule has 3 aromatic heterocycles. The van der Waals surface area contributed by atoms with Crippen molar-refractivity contribution in [1.82, 2.24) is 19.7 Å². The lowest BCUT2D eigenvalue weighted by molar-refractivity contribution is 0.798. The molecule has 3 heterocycles. The van der Waals surface area contributed by atoms with Gasteiger partial charge in [0, 0.05) is 29.5 Å². The monoisotopic (exact) mass is 300 g/mol. The van der Waals surface area contributed by atoms with Gasteiger partial charge in [0.25, 0.3) is 5.56 Å². The molecule has 1 aromatic carbocycles. The second kappa shape index (κ2) is 5.46. The molecule has 0 amide bonds. The van der Waals surface area contributed by atoms with Crippen LogP contribution in [0.3, 0.4) is 0 Å². The Kier molecular flexibility index (Phi) is 3.16. The van der Waals surface area contributed by atoms with E-state index in [4.69, 9.17) is 0 Å². The second-order valence-corrected chi connectivity index (χ2v) is 5.04. The number of hydrogen-bond acceptors (Lipinski definition) is 4. The Morgan fingerprint density at radius 2 is 1.65 bits per heavy atom. The summed E-state index contributed by atoms with van der Waals surface area (Å²) in [7, 11) is 0. The van der Waals surface area contributed by atoms with E-state index in [1.54, 1.807) is 36.8 Å². The highest BCUT2D eigenvalue weighted by atomic mass is 16.1. The molecular weight excluding hydrogens is 288 g/mol. The molecule has 0 unspecified atom stereocenters. The first-order valence-corrected chi connectivity index (χ1v) is 7.18. The number of rotatable bonds is 2. The topological polar surface area (TPSA) is 60.7 Å². The molecule has 0 spiro atoms. The molecule has 0 bridgehead atoms. The van der Waals surface area contributed by atoms with Gasteiger partial charge in [-0.25, -0.2) is 4.98 Å². The normalized spacial score (nSPS) is 10.8. The highest BCUT2D eigenvalue weighted by Gasteiger charge is 2.13. The van der Waals surface area contributed by atoms with Crippen molar-refractivity contribution >= 4 is 10.8 Å². The number of pyridine rings is 2. The molecule has 0 saturated heterocycles. The molecule has 0 aliphatic carbocycles. The minimum atomic E-state index is -0.188. The van der Waals surface area contributed by atoms with Crippen molar-refractivity contribution in [2.24, 2.45) is 0 Å². The van der Waals surface area contributed by atoms with Crippen molar-refractivity contribution in [2.75, 3.05) is 0 Å². The van der Waals surface area contributed by atoms with Crippen molar-refractivity contribution < 1.29 is 0 Å². The Morgan fingerprint density at radius 1 is 0.826 bits per heavy atom. The van der Waals surface area contributed by atoms with Crippen molar-refractivity contribution in [3.63, 3.8) is 0 Å². The first kappa shape index (κ1) is 13.3. The molecule has 0 aliphatic heterocycles. The van der Waals surface area contributed by atoms with Crippen molar-refractivity contribution in [3.8, 4) is 17.1 Å². The van der Waals surface area contributed by atoms with Crippen LogP contribution in [-0.2, 0) is 0 Å². The Labute approximate surface area is 131 Å². The number of nitrogens with zero attached hydrogens (tertiary/aromatic N) is 4. The Balaban J connectivity index is 2.11. The number of fused-ring (bicyclic) bond motifs is 1. The van der Waals surface area contributed by atoms with Crippen molar-refractivity contribution in [1.29, 1.82) is 0 Å². The van der Waals surface area contributed by atoms with Gasteiger partial charge < -0.3 is 0 Å². The fourth-order valence-electron chi connectivity index (χ4n) is 2.54. The van der Waals surface area contributed by atoms with Crippen LogP contribution in [0.1, 0.15) is 0 Å². The highest BCUT2D eigenvalue weighted by Crippen LogP contribution is 2.24. The average Bonchev–Trinajstić information content (AvgIpc) is 2.64. The van der Waals surface area contributed by atoms with E-state index < -0.39 is 0 Å². The zero-order valence-electron chi connectivity index (χ0n) is 12.1. The lowest BCUT2D eigenvalue weighted by Crippen LogP contribution is -2.23. The van der Waals surface area contributed by atoms with Gasteiger partial charge in [-0.15, -0.1) is 0 Å². The molecular formula is C18H12N4O. The van der Waals surface area contributed by atoms with Crippen LogP contribution >= 0.6 is 0 Å². The van der Waals surface area contributed by atoms with Crippen LogP contribution in [0.4, 0.5) is 0 Å². The molecule has 0 fully saturated rings. The summed E-state index contributed by atoms with van der Waals surface area (Å²) in [4.78, 5) is 21.1. The van der Waals surface area contributed by atoms with Crippen LogP contribution in [0.25, 0.3) is 27.8 Å². The smallest absolute Gasteiger partial charge is 0.267 e. The van der Waals surface area contributed by atoms with Crippen molar-refractivity contribution in [2.45, 2.75) is 0 Å². The first-order chi connectivity index (χ1) is 11.3. The standard InChI is InChI=1S/C18H12N4O/c23-18-15-8-2-1-7-14(15)17(13-6-5-10-19-12-13)21-22(18)16-9-3-4-11-20-16/h1-12H. The number of hydrogen-bond donors (Lipinski definition) is 0. The predicted octanol–water partition coefficient (Wildman–Crippen LogP) is 2.84. The van der Waals surface area contributed by atoms with Gasteiger partial charge >= 0.3 is 0 Å². The maximum Gasteiger partial charge on any atom is 0.280 e. The zero-order valence-corrected chi connectivity index (χ0v) is 12.1. The van der Waals surface area contributed by atoms with Crippen LogP contribution in [0.2, 0.25) is 0 Å². The van der Waals surface area contributed by atoms with Gasteiger partial charge in [-0.2, -0.15) is 9.78 Å². The fraction of sp³-hybridized carbons (Fsp3) is 0. The van der Waals surface area contributed by atoms with Gasteiger partial charge in [0.05, 0.1) is 5.39 Å². The maximum atomic E-state index is 12.8. The van der Waals surface area contributed by atoms with E-state index in [2.05, 4.69) is 15.1 Å². The molecule has 0 aliphatic rings. The average molecular weight is 300 g/mol. The molecule has 0 atom stereocenters. The van der Waals surface area contributed by atoms with Gasteiger partial charge in [0.2, 0.25) is 0 Å². The minimum absolute atomic E-state index is 0.188. The van der Waals surface area contributed by atoms with E-state index in [-0.39, 0.29) is 5.56 Å². The third-order valence-electron chi connectivity index (χ3n) is 3.61. The van der Waals surface area contributed by atoms with E-state index in [1.165, 1.54) is 4.68 Å². The second-order valence-electron chi connectivity index (χ2n) is 5.04. The molecule has 0 radical (unpaired) electrons. The summed E-state index contributed by atoms with van der Waals surface area (Å²) in [5.74, 6) is 0.494. The van der Waals surface area contributed by atoms with E-state index in [1.807, 2.05) is 36.4 Å². The Bertz CT molecular complexity index is 1030. The Morgan fingerprint density at radius 3 is 2.39 bits per heavy atom. The third kappa shape index (κ3) is 2.28. The van der Waals surface area contributed by atoms with E-state index in [0.29, 0.717) is 16.9 Å². The summed E-state index contributed by atoms with van der Waals surface area (Å²) in [6.45, 7) is 0. The summed E-state index contributed by atoms with van der Waals surface area (Å²) >= 11 is 0. The van der Waals surface area contributed by atoms with Gasteiger partial charge in [0.1, 0.15) is 5.69 Å². The molecule has 4 aromatic rings. The summed E-state index contributed by atoms with van der Waals surface area (Å²) in [5, 5.41) is 5.95. The molecule has 0 saturated carbocycles. The van der Waals surface area contributed by atoms with Gasteiger partial charge in [0.15, 0.2) is 5.82 Å². The van der Waals surface area contributed by atoms with Gasteiger partial charge in [-0.3, -0.25) is 9.78 Å². The number of benzene rings is 1. The van der Waals surface area contributed by atoms with Crippen LogP contribution in [0.5, 0.6) is 0 Å². The Hall–Kier alpha value is -3.34. The largest absolute Gasteiger partial charge is 0.280 e. The van der Waals surface area contributed by atoms with Crippen LogP contribution in [0, 0.1) is 0 Å². The first-order valence-electron chi connectivity index (χ1n) is 7.18. The predicted molar refractivity (Wildman–Crippen MR) is 88.4 cm³/mol. The van der Waals surface area contributed by atoms with Crippen molar-refractivity contribution in [3.05, 3.63) is 83.5 Å². The SMILES string of the molecule is O=c1c2ccccc2c(-c2cccnc2)nn1-c1ccccn1. The highest BCUT2D eigenvalue weighted by molar-refractivity contribution is 5.93. The molecule has 5 nitrogen and oxygen atoms in total. The van der Waals surface area contributed by atoms with Gasteiger partial charge in [-0.1, -0.05) is 24.3 Å². The maximum absolute atomic E-state index is 12.8. The molecule has 23 heavy (non-hydrogen) atoms. The zero-order chi connectivity index (χ0) is 15.6. The summed E-state index contributed by atoms with van der Waals surface area (Å²) in [5.41, 5.74) is 1.37. The van der Waals surface area contributed by atoms with E-state index in [0.717, 1.165) is 10.9 Å². The quantitative estimate of drug-likeness (QED) is 0.571. The summed E-state index contributed by atoms with van der Waals surface area (Å²) in [6, 6.07) is 16.6.